The average molecular weight is 210 g/mol. The van der Waals surface area contributed by atoms with Crippen molar-refractivity contribution in [2.45, 2.75) is 19.2 Å². The molecule has 84 valence electrons. The number of nitrogens with two attached hydrogens (primary N) is 1. The van der Waals surface area contributed by atoms with Gasteiger partial charge >= 0.3 is 0 Å². The van der Waals surface area contributed by atoms with Crippen LogP contribution < -0.4 is 5.73 Å². The van der Waals surface area contributed by atoms with Crippen molar-refractivity contribution in [3.05, 3.63) is 18.2 Å². The number of morpholine rings is 1. The molecule has 0 radical (unpaired) electrons. The minimum absolute atomic E-state index is 0.253. The molecular weight excluding hydrogens is 192 g/mol. The maximum Gasteiger partial charge on any atom is 0.122 e. The Morgan fingerprint density at radius 3 is 3.27 bits per heavy atom. The lowest BCUT2D eigenvalue weighted by Gasteiger charge is -2.30. The highest BCUT2D eigenvalue weighted by Crippen LogP contribution is 2.07. The van der Waals surface area contributed by atoms with Crippen molar-refractivity contribution in [3.8, 4) is 0 Å². The van der Waals surface area contributed by atoms with Crippen molar-refractivity contribution >= 4 is 0 Å². The second-order valence-electron chi connectivity index (χ2n) is 3.95. The molecule has 0 amide bonds. The van der Waals surface area contributed by atoms with E-state index in [-0.39, 0.29) is 6.10 Å². The Morgan fingerprint density at radius 1 is 1.67 bits per heavy atom. The lowest BCUT2D eigenvalue weighted by Crippen LogP contribution is -2.42. The largest absolute Gasteiger partial charge is 0.374 e. The predicted molar refractivity (Wildman–Crippen MR) is 57.4 cm³/mol. The maximum absolute atomic E-state index is 5.69. The number of likely N-dealkylation sites (N-methyl/N-ethyl adjacent to an activating group) is 1. The Hall–Kier alpha value is -0.910. The van der Waals surface area contributed by atoms with Crippen LogP contribution >= 0.6 is 0 Å². The highest BCUT2D eigenvalue weighted by atomic mass is 16.5. The van der Waals surface area contributed by atoms with Crippen LogP contribution in [0.3, 0.4) is 0 Å². The summed E-state index contributed by atoms with van der Waals surface area (Å²) in [6.07, 6.45) is 4.00. The molecule has 1 aliphatic heterocycles. The maximum atomic E-state index is 5.69. The Bertz CT molecular complexity index is 312. The third-order valence-corrected chi connectivity index (χ3v) is 2.73. The first-order valence-electron chi connectivity index (χ1n) is 5.30. The highest BCUT2D eigenvalue weighted by Gasteiger charge is 2.18. The quantitative estimate of drug-likeness (QED) is 0.742. The zero-order chi connectivity index (χ0) is 10.7. The molecule has 1 aliphatic rings. The zero-order valence-corrected chi connectivity index (χ0v) is 9.09. The van der Waals surface area contributed by atoms with Crippen molar-refractivity contribution in [1.82, 2.24) is 14.5 Å². The fourth-order valence-electron chi connectivity index (χ4n) is 1.89. The van der Waals surface area contributed by atoms with Crippen LogP contribution in [0.25, 0.3) is 0 Å². The molecule has 2 N–H and O–H groups in total. The molecular formula is C10H18N4O. The molecule has 0 aromatic carbocycles. The summed E-state index contributed by atoms with van der Waals surface area (Å²) >= 11 is 0. The summed E-state index contributed by atoms with van der Waals surface area (Å²) in [6, 6.07) is 0. The molecule has 0 bridgehead atoms. The van der Waals surface area contributed by atoms with Gasteiger partial charge in [0.2, 0.25) is 0 Å². The summed E-state index contributed by atoms with van der Waals surface area (Å²) in [5, 5.41) is 0. The van der Waals surface area contributed by atoms with Gasteiger partial charge in [0.1, 0.15) is 5.82 Å². The molecule has 2 rings (SSSR count). The monoisotopic (exact) mass is 210 g/mol. The van der Waals surface area contributed by atoms with Crippen LogP contribution in [0.5, 0.6) is 0 Å². The predicted octanol–water partition coefficient (Wildman–Crippen LogP) is -0.328. The van der Waals surface area contributed by atoms with Crippen molar-refractivity contribution in [1.29, 1.82) is 0 Å². The fourth-order valence-corrected chi connectivity index (χ4v) is 1.89. The molecule has 0 saturated carbocycles. The van der Waals surface area contributed by atoms with Crippen molar-refractivity contribution in [2.75, 3.05) is 26.7 Å². The van der Waals surface area contributed by atoms with Crippen LogP contribution in [0, 0.1) is 0 Å². The number of rotatable bonds is 3. The van der Waals surface area contributed by atoms with E-state index in [0.29, 0.717) is 6.54 Å². The molecule has 2 heterocycles. The molecule has 15 heavy (non-hydrogen) atoms. The molecule has 0 spiro atoms. The van der Waals surface area contributed by atoms with E-state index < -0.39 is 0 Å². The van der Waals surface area contributed by atoms with Crippen molar-refractivity contribution < 1.29 is 4.74 Å². The summed E-state index contributed by atoms with van der Waals surface area (Å²) in [6.45, 7) is 4.13. The van der Waals surface area contributed by atoms with E-state index in [1.54, 1.807) is 6.20 Å². The summed E-state index contributed by atoms with van der Waals surface area (Å²) < 4.78 is 7.76. The van der Waals surface area contributed by atoms with Crippen molar-refractivity contribution in [3.63, 3.8) is 0 Å². The van der Waals surface area contributed by atoms with Crippen LogP contribution in [-0.4, -0.2) is 47.3 Å². The standard InChI is InChI=1S/C10H18N4O/c1-13-4-5-15-9(7-13)8-14-3-2-12-10(14)6-11/h2-3,9H,4-8,11H2,1H3. The molecule has 1 aromatic heterocycles. The summed E-state index contributed by atoms with van der Waals surface area (Å²) in [5.74, 6) is 0.923. The number of hydrogen-bond donors (Lipinski definition) is 1. The van der Waals surface area contributed by atoms with Gasteiger partial charge in [0.25, 0.3) is 0 Å². The van der Waals surface area contributed by atoms with Gasteiger partial charge in [-0.25, -0.2) is 4.98 Å². The molecule has 5 nitrogen and oxygen atoms in total. The Kier molecular flexibility index (Phi) is 3.35. The van der Waals surface area contributed by atoms with E-state index in [1.165, 1.54) is 0 Å². The lowest BCUT2D eigenvalue weighted by atomic mass is 10.3. The summed E-state index contributed by atoms with van der Waals surface area (Å²) in [4.78, 5) is 6.47. The van der Waals surface area contributed by atoms with E-state index in [9.17, 15) is 0 Å². The Balaban J connectivity index is 1.96. The first kappa shape index (κ1) is 10.6. The first-order valence-corrected chi connectivity index (χ1v) is 5.30. The van der Waals surface area contributed by atoms with E-state index in [2.05, 4.69) is 21.5 Å². The van der Waals surface area contributed by atoms with Gasteiger partial charge in [-0.2, -0.15) is 0 Å². The van der Waals surface area contributed by atoms with Gasteiger partial charge in [0.05, 0.1) is 25.8 Å². The fraction of sp³-hybridized carbons (Fsp3) is 0.700. The number of ether oxygens (including phenoxy) is 1. The Labute approximate surface area is 89.8 Å². The number of nitrogens with zero attached hydrogens (tertiary/aromatic N) is 3. The first-order chi connectivity index (χ1) is 7.29. The van der Waals surface area contributed by atoms with E-state index in [1.807, 2.05) is 6.20 Å². The van der Waals surface area contributed by atoms with Gasteiger partial charge in [-0.1, -0.05) is 0 Å². The van der Waals surface area contributed by atoms with Crippen LogP contribution in [0.4, 0.5) is 0 Å². The topological polar surface area (TPSA) is 56.3 Å². The van der Waals surface area contributed by atoms with Gasteiger partial charge in [0, 0.05) is 25.5 Å². The van der Waals surface area contributed by atoms with Gasteiger partial charge < -0.3 is 19.9 Å². The number of hydrogen-bond acceptors (Lipinski definition) is 4. The van der Waals surface area contributed by atoms with Crippen LogP contribution in [-0.2, 0) is 17.8 Å². The zero-order valence-electron chi connectivity index (χ0n) is 9.09. The molecule has 1 saturated heterocycles. The molecule has 0 aliphatic carbocycles. The third kappa shape index (κ3) is 2.56. The normalized spacial score (nSPS) is 23.2. The lowest BCUT2D eigenvalue weighted by molar-refractivity contribution is -0.0278. The van der Waals surface area contributed by atoms with E-state index in [4.69, 9.17) is 10.5 Å². The second-order valence-corrected chi connectivity index (χ2v) is 3.95. The minimum atomic E-state index is 0.253. The summed E-state index contributed by atoms with van der Waals surface area (Å²) in [7, 11) is 2.12. The van der Waals surface area contributed by atoms with Gasteiger partial charge in [-0.3, -0.25) is 0 Å². The average Bonchev–Trinajstić information content (AvgIpc) is 2.65. The number of imidazole rings is 1. The molecule has 5 heteroatoms. The number of aromatic nitrogens is 2. The van der Waals surface area contributed by atoms with Crippen LogP contribution in [0.1, 0.15) is 5.82 Å². The SMILES string of the molecule is CN1CCOC(Cn2ccnc2CN)C1. The molecule has 1 fully saturated rings. The van der Waals surface area contributed by atoms with Crippen LogP contribution in [0.2, 0.25) is 0 Å². The van der Waals surface area contributed by atoms with Gasteiger partial charge in [0.15, 0.2) is 0 Å². The van der Waals surface area contributed by atoms with Gasteiger partial charge in [-0.05, 0) is 7.05 Å². The molecule has 1 atom stereocenters. The Morgan fingerprint density at radius 2 is 2.53 bits per heavy atom. The highest BCUT2D eigenvalue weighted by molar-refractivity contribution is 4.92. The molecule has 1 unspecified atom stereocenters. The van der Waals surface area contributed by atoms with Crippen LogP contribution in [0.15, 0.2) is 12.4 Å². The smallest absolute Gasteiger partial charge is 0.122 e. The second kappa shape index (κ2) is 4.74. The molecule has 1 aromatic rings. The van der Waals surface area contributed by atoms with Gasteiger partial charge in [-0.15, -0.1) is 0 Å². The summed E-state index contributed by atoms with van der Waals surface area (Å²) in [5.41, 5.74) is 5.59. The third-order valence-electron chi connectivity index (χ3n) is 2.73. The van der Waals surface area contributed by atoms with Crippen molar-refractivity contribution in [2.24, 2.45) is 5.73 Å². The van der Waals surface area contributed by atoms with E-state index in [0.717, 1.165) is 32.1 Å². The van der Waals surface area contributed by atoms with E-state index >= 15 is 0 Å². The minimum Gasteiger partial charge on any atom is -0.374 e.